The SMILES string of the molecule is CCOc1ccc(Nc2ccc(CCNC[C@H](O)c3ccc(O)c(CO)c3)cc2)cc1-c1ccccc1. The second-order valence-corrected chi connectivity index (χ2v) is 8.85. The zero-order valence-corrected chi connectivity index (χ0v) is 21.0. The summed E-state index contributed by atoms with van der Waals surface area (Å²) in [5.41, 5.74) is 6.42. The van der Waals surface area contributed by atoms with Crippen LogP contribution in [0.25, 0.3) is 11.1 Å². The first-order chi connectivity index (χ1) is 18.1. The van der Waals surface area contributed by atoms with E-state index in [0.29, 0.717) is 30.8 Å². The fourth-order valence-corrected chi connectivity index (χ4v) is 4.18. The predicted molar refractivity (Wildman–Crippen MR) is 148 cm³/mol. The van der Waals surface area contributed by atoms with Crippen molar-refractivity contribution < 1.29 is 20.1 Å². The van der Waals surface area contributed by atoms with Crippen molar-refractivity contribution in [1.82, 2.24) is 5.32 Å². The maximum absolute atomic E-state index is 10.4. The Morgan fingerprint density at radius 1 is 0.865 bits per heavy atom. The van der Waals surface area contributed by atoms with Gasteiger partial charge in [0, 0.05) is 29.0 Å². The summed E-state index contributed by atoms with van der Waals surface area (Å²) in [5.74, 6) is 0.898. The third-order valence-corrected chi connectivity index (χ3v) is 6.19. The van der Waals surface area contributed by atoms with E-state index >= 15 is 0 Å². The zero-order valence-electron chi connectivity index (χ0n) is 21.0. The number of nitrogens with one attached hydrogen (secondary N) is 2. The molecule has 4 rings (SSSR count). The second-order valence-electron chi connectivity index (χ2n) is 8.85. The zero-order chi connectivity index (χ0) is 26.0. The lowest BCUT2D eigenvalue weighted by Crippen LogP contribution is -2.23. The molecule has 4 aromatic carbocycles. The van der Waals surface area contributed by atoms with Gasteiger partial charge in [-0.25, -0.2) is 0 Å². The first-order valence-corrected chi connectivity index (χ1v) is 12.6. The topological polar surface area (TPSA) is 94.0 Å². The van der Waals surface area contributed by atoms with E-state index in [-0.39, 0.29) is 12.4 Å². The van der Waals surface area contributed by atoms with Gasteiger partial charge in [-0.1, -0.05) is 48.5 Å². The van der Waals surface area contributed by atoms with Crippen LogP contribution in [0, 0.1) is 0 Å². The third-order valence-electron chi connectivity index (χ3n) is 6.19. The standard InChI is InChI=1S/C31H34N2O4/c1-2-37-31-15-13-27(19-28(31)23-6-4-3-5-7-23)33-26-11-8-22(9-12-26)16-17-32-20-30(36)24-10-14-29(35)25(18-24)21-34/h3-15,18-19,30,32-36H,2,16-17,20-21H2,1H3/t30-/m0/s1. The van der Waals surface area contributed by atoms with E-state index in [1.54, 1.807) is 12.1 Å². The summed E-state index contributed by atoms with van der Waals surface area (Å²) in [7, 11) is 0. The summed E-state index contributed by atoms with van der Waals surface area (Å²) in [4.78, 5) is 0. The van der Waals surface area contributed by atoms with E-state index in [9.17, 15) is 15.3 Å². The summed E-state index contributed by atoms with van der Waals surface area (Å²) in [5, 5.41) is 36.1. The molecule has 0 heterocycles. The number of aliphatic hydroxyl groups excluding tert-OH is 2. The molecule has 0 spiro atoms. The van der Waals surface area contributed by atoms with Gasteiger partial charge in [0.05, 0.1) is 19.3 Å². The molecule has 6 nitrogen and oxygen atoms in total. The van der Waals surface area contributed by atoms with Crippen LogP contribution < -0.4 is 15.4 Å². The number of hydrogen-bond acceptors (Lipinski definition) is 6. The molecular weight excluding hydrogens is 464 g/mol. The second kappa shape index (κ2) is 12.9. The Labute approximate surface area is 218 Å². The van der Waals surface area contributed by atoms with Gasteiger partial charge in [0.1, 0.15) is 11.5 Å². The highest BCUT2D eigenvalue weighted by Crippen LogP contribution is 2.33. The van der Waals surface area contributed by atoms with E-state index in [0.717, 1.165) is 34.7 Å². The number of ether oxygens (including phenoxy) is 1. The summed E-state index contributed by atoms with van der Waals surface area (Å²) in [6.07, 6.45) is 0.110. The summed E-state index contributed by atoms with van der Waals surface area (Å²) in [6, 6.07) is 29.5. The van der Waals surface area contributed by atoms with Crippen LogP contribution in [-0.4, -0.2) is 35.0 Å². The molecule has 0 amide bonds. The van der Waals surface area contributed by atoms with Crippen molar-refractivity contribution in [1.29, 1.82) is 0 Å². The Bertz CT molecular complexity index is 1280. The summed E-state index contributed by atoms with van der Waals surface area (Å²) < 4.78 is 5.84. The van der Waals surface area contributed by atoms with Crippen LogP contribution in [0.2, 0.25) is 0 Å². The third kappa shape index (κ3) is 7.11. The fraction of sp³-hybridized carbons (Fsp3) is 0.226. The van der Waals surface area contributed by atoms with Gasteiger partial charge in [-0.15, -0.1) is 0 Å². The van der Waals surface area contributed by atoms with Gasteiger partial charge >= 0.3 is 0 Å². The molecule has 0 unspecified atom stereocenters. The Balaban J connectivity index is 1.31. The largest absolute Gasteiger partial charge is 0.508 e. The Kier molecular flexibility index (Phi) is 9.16. The normalized spacial score (nSPS) is 11.8. The van der Waals surface area contributed by atoms with E-state index in [4.69, 9.17) is 4.74 Å². The van der Waals surface area contributed by atoms with Crippen molar-refractivity contribution in [3.05, 3.63) is 108 Å². The van der Waals surface area contributed by atoms with Crippen LogP contribution in [0.5, 0.6) is 11.5 Å². The van der Waals surface area contributed by atoms with Gasteiger partial charge in [-0.05, 0) is 79.0 Å². The van der Waals surface area contributed by atoms with Crippen LogP contribution in [0.1, 0.15) is 29.7 Å². The summed E-state index contributed by atoms with van der Waals surface area (Å²) in [6.45, 7) is 3.44. The van der Waals surface area contributed by atoms with Crippen LogP contribution in [0.3, 0.4) is 0 Å². The molecule has 0 saturated heterocycles. The lowest BCUT2D eigenvalue weighted by molar-refractivity contribution is 0.174. The summed E-state index contributed by atoms with van der Waals surface area (Å²) >= 11 is 0. The van der Waals surface area contributed by atoms with Gasteiger partial charge in [-0.3, -0.25) is 0 Å². The Hall–Kier alpha value is -3.84. The fourth-order valence-electron chi connectivity index (χ4n) is 4.18. The first-order valence-electron chi connectivity index (χ1n) is 12.6. The number of phenols is 1. The lowest BCUT2D eigenvalue weighted by atomic mass is 10.0. The molecule has 1 atom stereocenters. The van der Waals surface area contributed by atoms with Gasteiger partial charge in [0.2, 0.25) is 0 Å². The minimum Gasteiger partial charge on any atom is -0.508 e. The molecule has 0 saturated carbocycles. The molecule has 4 aromatic rings. The van der Waals surface area contributed by atoms with Gasteiger partial charge < -0.3 is 30.7 Å². The van der Waals surface area contributed by atoms with E-state index in [1.807, 2.05) is 37.3 Å². The van der Waals surface area contributed by atoms with Crippen LogP contribution in [-0.2, 0) is 13.0 Å². The molecule has 6 heteroatoms. The molecule has 0 aliphatic heterocycles. The number of aromatic hydroxyl groups is 1. The average Bonchev–Trinajstić information content (AvgIpc) is 2.93. The molecule has 0 aromatic heterocycles. The first kappa shape index (κ1) is 26.2. The van der Waals surface area contributed by atoms with Crippen LogP contribution >= 0.6 is 0 Å². The maximum atomic E-state index is 10.4. The van der Waals surface area contributed by atoms with Crippen LogP contribution in [0.15, 0.2) is 91.0 Å². The van der Waals surface area contributed by atoms with Crippen molar-refractivity contribution in [2.45, 2.75) is 26.1 Å². The quantitative estimate of drug-likeness (QED) is 0.164. The maximum Gasteiger partial charge on any atom is 0.127 e. The molecule has 5 N–H and O–H groups in total. The Morgan fingerprint density at radius 2 is 1.62 bits per heavy atom. The molecule has 0 aliphatic carbocycles. The molecule has 37 heavy (non-hydrogen) atoms. The van der Waals surface area contributed by atoms with Crippen molar-refractivity contribution in [3.8, 4) is 22.6 Å². The van der Waals surface area contributed by atoms with Crippen LogP contribution in [0.4, 0.5) is 11.4 Å². The highest BCUT2D eigenvalue weighted by Gasteiger charge is 2.11. The van der Waals surface area contributed by atoms with Crippen molar-refractivity contribution in [2.24, 2.45) is 0 Å². The number of aliphatic hydroxyl groups is 2. The van der Waals surface area contributed by atoms with Crippen molar-refractivity contribution in [3.63, 3.8) is 0 Å². The van der Waals surface area contributed by atoms with E-state index < -0.39 is 6.10 Å². The van der Waals surface area contributed by atoms with Gasteiger partial charge in [0.25, 0.3) is 0 Å². The molecular formula is C31H34N2O4. The van der Waals surface area contributed by atoms with Crippen molar-refractivity contribution in [2.75, 3.05) is 25.0 Å². The molecule has 192 valence electrons. The minimum absolute atomic E-state index is 0.0310. The number of rotatable bonds is 12. The van der Waals surface area contributed by atoms with Gasteiger partial charge in [0.15, 0.2) is 0 Å². The van der Waals surface area contributed by atoms with E-state index in [2.05, 4.69) is 53.1 Å². The number of anilines is 2. The molecule has 0 aliphatic rings. The van der Waals surface area contributed by atoms with Gasteiger partial charge in [-0.2, -0.15) is 0 Å². The minimum atomic E-state index is -0.715. The monoisotopic (exact) mass is 498 g/mol. The predicted octanol–water partition coefficient (Wildman–Crippen LogP) is 5.56. The Morgan fingerprint density at radius 3 is 2.35 bits per heavy atom. The molecule has 0 bridgehead atoms. The molecule has 0 fully saturated rings. The average molecular weight is 499 g/mol. The number of benzene rings is 4. The highest BCUT2D eigenvalue weighted by atomic mass is 16.5. The lowest BCUT2D eigenvalue weighted by Gasteiger charge is -2.15. The highest BCUT2D eigenvalue weighted by molar-refractivity contribution is 5.76. The molecule has 0 radical (unpaired) electrons. The van der Waals surface area contributed by atoms with E-state index in [1.165, 1.54) is 11.6 Å². The smallest absolute Gasteiger partial charge is 0.127 e. The van der Waals surface area contributed by atoms with Crippen molar-refractivity contribution >= 4 is 11.4 Å². The number of hydrogen-bond donors (Lipinski definition) is 5.